The number of hydrogen-bond acceptors (Lipinski definition) is 4. The fourth-order valence-electron chi connectivity index (χ4n) is 4.58. The van der Waals surface area contributed by atoms with Crippen molar-refractivity contribution in [2.75, 3.05) is 13.2 Å². The van der Waals surface area contributed by atoms with Gasteiger partial charge in [0.25, 0.3) is 0 Å². The number of fused-ring (bicyclic) bond motifs is 1. The Bertz CT molecular complexity index is 1400. The van der Waals surface area contributed by atoms with Crippen molar-refractivity contribution in [1.82, 2.24) is 9.55 Å². The minimum atomic E-state index is -0.907. The third kappa shape index (κ3) is 4.56. The average Bonchev–Trinajstić information content (AvgIpc) is 3.59. The van der Waals surface area contributed by atoms with E-state index in [0.717, 1.165) is 22.3 Å². The molecule has 0 bridgehead atoms. The summed E-state index contributed by atoms with van der Waals surface area (Å²) in [6.45, 7) is 1.36. The van der Waals surface area contributed by atoms with Crippen LogP contribution in [0.25, 0.3) is 21.9 Å². The number of nitrogens with zero attached hydrogens (tertiary/aromatic N) is 2. The van der Waals surface area contributed by atoms with Crippen molar-refractivity contribution in [3.05, 3.63) is 121 Å². The predicted octanol–water partition coefficient (Wildman–Crippen LogP) is 6.05. The smallest absolute Gasteiger partial charge is 0.214 e. The van der Waals surface area contributed by atoms with Crippen LogP contribution in [0.1, 0.15) is 5.56 Å². The van der Waals surface area contributed by atoms with Gasteiger partial charge in [0.15, 0.2) is 0 Å². The van der Waals surface area contributed by atoms with Crippen LogP contribution in [0.15, 0.2) is 116 Å². The number of imidazole rings is 1. The third-order valence-electron chi connectivity index (χ3n) is 6.40. The van der Waals surface area contributed by atoms with Crippen LogP contribution in [0.5, 0.6) is 5.75 Å². The first kappa shape index (κ1) is 21.6. The summed E-state index contributed by atoms with van der Waals surface area (Å²) in [5.41, 5.74) is 3.33. The minimum absolute atomic E-state index is 0.196. The van der Waals surface area contributed by atoms with Gasteiger partial charge in [-0.05, 0) is 40.1 Å². The molecule has 1 saturated heterocycles. The molecule has 0 spiro atoms. The summed E-state index contributed by atoms with van der Waals surface area (Å²) < 4.78 is 21.0. The molecule has 0 N–H and O–H groups in total. The Morgan fingerprint density at radius 3 is 2.43 bits per heavy atom. The number of benzene rings is 4. The molecule has 0 unspecified atom stereocenters. The quantitative estimate of drug-likeness (QED) is 0.295. The highest BCUT2D eigenvalue weighted by molar-refractivity contribution is 5.83. The van der Waals surface area contributed by atoms with Crippen molar-refractivity contribution in [2.24, 2.45) is 0 Å². The van der Waals surface area contributed by atoms with E-state index < -0.39 is 5.79 Å². The number of ether oxygens (including phenoxy) is 3. The molecule has 0 saturated carbocycles. The molecule has 174 valence electrons. The van der Waals surface area contributed by atoms with Crippen molar-refractivity contribution in [2.45, 2.75) is 18.4 Å². The fraction of sp³-hybridized carbons (Fsp3) is 0.167. The SMILES string of the molecule is c1ccc(-c2ccc(OC[C@H]3CO[C@@](Cn4ccnc4)(c4ccc5ccccc5c4)O3)cc2)cc1. The van der Waals surface area contributed by atoms with Crippen molar-refractivity contribution in [1.29, 1.82) is 0 Å². The van der Waals surface area contributed by atoms with Gasteiger partial charge in [-0.3, -0.25) is 0 Å². The van der Waals surface area contributed by atoms with Crippen LogP contribution >= 0.6 is 0 Å². The van der Waals surface area contributed by atoms with E-state index in [1.54, 1.807) is 12.5 Å². The molecule has 5 heteroatoms. The van der Waals surface area contributed by atoms with Crippen LogP contribution in [-0.2, 0) is 21.8 Å². The predicted molar refractivity (Wildman–Crippen MR) is 136 cm³/mol. The van der Waals surface area contributed by atoms with Crippen LogP contribution in [0.2, 0.25) is 0 Å². The van der Waals surface area contributed by atoms with Gasteiger partial charge in [-0.15, -0.1) is 0 Å². The Kier molecular flexibility index (Phi) is 5.78. The second kappa shape index (κ2) is 9.37. The molecule has 2 heterocycles. The molecular weight excluding hydrogens is 436 g/mol. The fourth-order valence-corrected chi connectivity index (χ4v) is 4.58. The molecular formula is C30H26N2O3. The highest BCUT2D eigenvalue weighted by atomic mass is 16.8. The Hall–Kier alpha value is -3.93. The molecule has 0 radical (unpaired) electrons. The standard InChI is InChI=1S/C30H26N2O3/c1-2-6-23(7-3-1)25-11-14-28(15-12-25)33-19-29-20-34-30(35-29,21-32-17-16-31-22-32)27-13-10-24-8-4-5-9-26(24)18-27/h1-18,22,29H,19-21H2/t29-,30+/m0/s1. The first-order valence-corrected chi connectivity index (χ1v) is 11.8. The summed E-state index contributed by atoms with van der Waals surface area (Å²) in [6, 6.07) is 33.1. The second-order valence-electron chi connectivity index (χ2n) is 8.80. The summed E-state index contributed by atoms with van der Waals surface area (Å²) in [6.07, 6.45) is 5.28. The van der Waals surface area contributed by atoms with E-state index in [1.165, 1.54) is 10.9 Å². The molecule has 4 aromatic carbocycles. The molecule has 5 aromatic rings. The van der Waals surface area contributed by atoms with E-state index in [0.29, 0.717) is 19.8 Å². The highest BCUT2D eigenvalue weighted by Gasteiger charge is 2.44. The molecule has 2 atom stereocenters. The lowest BCUT2D eigenvalue weighted by Crippen LogP contribution is -2.34. The molecule has 35 heavy (non-hydrogen) atoms. The van der Waals surface area contributed by atoms with Crippen LogP contribution in [0.4, 0.5) is 0 Å². The van der Waals surface area contributed by atoms with E-state index >= 15 is 0 Å². The molecule has 0 amide bonds. The third-order valence-corrected chi connectivity index (χ3v) is 6.40. The Morgan fingerprint density at radius 2 is 1.63 bits per heavy atom. The zero-order valence-corrected chi connectivity index (χ0v) is 19.3. The molecule has 0 aliphatic carbocycles. The Labute approximate surface area is 204 Å². The van der Waals surface area contributed by atoms with Gasteiger partial charge in [-0.25, -0.2) is 4.98 Å². The van der Waals surface area contributed by atoms with Gasteiger partial charge in [-0.1, -0.05) is 78.9 Å². The Morgan fingerprint density at radius 1 is 0.857 bits per heavy atom. The topological polar surface area (TPSA) is 45.5 Å². The van der Waals surface area contributed by atoms with E-state index in [-0.39, 0.29) is 6.10 Å². The maximum absolute atomic E-state index is 6.58. The van der Waals surface area contributed by atoms with Gasteiger partial charge in [0, 0.05) is 18.0 Å². The van der Waals surface area contributed by atoms with Crippen LogP contribution < -0.4 is 4.74 Å². The normalized spacial score (nSPS) is 19.7. The van der Waals surface area contributed by atoms with Gasteiger partial charge in [0.1, 0.15) is 18.5 Å². The molecule has 1 fully saturated rings. The van der Waals surface area contributed by atoms with Gasteiger partial charge in [-0.2, -0.15) is 0 Å². The van der Waals surface area contributed by atoms with Gasteiger partial charge < -0.3 is 18.8 Å². The maximum Gasteiger partial charge on any atom is 0.214 e. The number of aromatic nitrogens is 2. The zero-order chi connectivity index (χ0) is 23.5. The van der Waals surface area contributed by atoms with E-state index in [9.17, 15) is 0 Å². The van der Waals surface area contributed by atoms with Crippen LogP contribution in [0, 0.1) is 0 Å². The van der Waals surface area contributed by atoms with Crippen molar-refractivity contribution in [3.8, 4) is 16.9 Å². The number of rotatable bonds is 7. The highest BCUT2D eigenvalue weighted by Crippen LogP contribution is 2.37. The van der Waals surface area contributed by atoms with E-state index in [2.05, 4.69) is 59.6 Å². The van der Waals surface area contributed by atoms with Crippen molar-refractivity contribution >= 4 is 10.8 Å². The number of hydrogen-bond donors (Lipinski definition) is 0. The lowest BCUT2D eigenvalue weighted by molar-refractivity contribution is -0.189. The summed E-state index contributed by atoms with van der Waals surface area (Å²) in [7, 11) is 0. The summed E-state index contributed by atoms with van der Waals surface area (Å²) in [5.74, 6) is -0.0956. The molecule has 1 aliphatic rings. The van der Waals surface area contributed by atoms with Crippen molar-refractivity contribution in [3.63, 3.8) is 0 Å². The van der Waals surface area contributed by atoms with Crippen molar-refractivity contribution < 1.29 is 14.2 Å². The monoisotopic (exact) mass is 462 g/mol. The summed E-state index contributed by atoms with van der Waals surface area (Å²) in [5, 5.41) is 2.34. The summed E-state index contributed by atoms with van der Waals surface area (Å²) in [4.78, 5) is 4.19. The largest absolute Gasteiger partial charge is 0.491 e. The van der Waals surface area contributed by atoms with E-state index in [4.69, 9.17) is 14.2 Å². The minimum Gasteiger partial charge on any atom is -0.491 e. The van der Waals surface area contributed by atoms with Gasteiger partial charge in [0.2, 0.25) is 5.79 Å². The van der Waals surface area contributed by atoms with Gasteiger partial charge in [0.05, 0.1) is 19.5 Å². The molecule has 5 nitrogen and oxygen atoms in total. The van der Waals surface area contributed by atoms with Crippen LogP contribution in [0.3, 0.4) is 0 Å². The average molecular weight is 463 g/mol. The molecule has 6 rings (SSSR count). The summed E-state index contributed by atoms with van der Waals surface area (Å²) >= 11 is 0. The first-order chi connectivity index (χ1) is 17.3. The first-order valence-electron chi connectivity index (χ1n) is 11.8. The zero-order valence-electron chi connectivity index (χ0n) is 19.3. The van der Waals surface area contributed by atoms with Crippen LogP contribution in [-0.4, -0.2) is 28.9 Å². The second-order valence-corrected chi connectivity index (χ2v) is 8.80. The molecule has 1 aliphatic heterocycles. The maximum atomic E-state index is 6.58. The lowest BCUT2D eigenvalue weighted by Gasteiger charge is -2.29. The molecule has 1 aromatic heterocycles. The van der Waals surface area contributed by atoms with Gasteiger partial charge >= 0.3 is 0 Å². The Balaban J connectivity index is 1.19. The van der Waals surface area contributed by atoms with E-state index in [1.807, 2.05) is 53.2 Å². The lowest BCUT2D eigenvalue weighted by atomic mass is 10.0.